The van der Waals surface area contributed by atoms with Crippen LogP contribution in [0.5, 0.6) is 0 Å². The van der Waals surface area contributed by atoms with Gasteiger partial charge in [-0.3, -0.25) is 10.3 Å². The van der Waals surface area contributed by atoms with E-state index >= 15 is 0 Å². The second kappa shape index (κ2) is 5.38. The first-order chi connectivity index (χ1) is 8.18. The van der Waals surface area contributed by atoms with Crippen molar-refractivity contribution in [3.8, 4) is 0 Å². The third kappa shape index (κ3) is 3.21. The lowest BCUT2D eigenvalue weighted by Gasteiger charge is -2.42. The molecule has 0 aromatic carbocycles. The molecule has 0 amide bonds. The van der Waals surface area contributed by atoms with Gasteiger partial charge < -0.3 is 5.32 Å². The van der Waals surface area contributed by atoms with E-state index in [2.05, 4.69) is 29.5 Å². The van der Waals surface area contributed by atoms with Crippen LogP contribution in [0.2, 0.25) is 0 Å². The van der Waals surface area contributed by atoms with Crippen LogP contribution in [0.4, 0.5) is 0 Å². The van der Waals surface area contributed by atoms with Gasteiger partial charge in [-0.15, -0.1) is 0 Å². The molecule has 0 saturated carbocycles. The molecule has 1 fully saturated rings. The normalized spacial score (nSPS) is 39.2. The molecule has 0 aromatic rings. The van der Waals surface area contributed by atoms with Crippen LogP contribution in [0.15, 0.2) is 4.99 Å². The van der Waals surface area contributed by atoms with Crippen molar-refractivity contribution in [3.05, 3.63) is 0 Å². The van der Waals surface area contributed by atoms with Crippen LogP contribution in [0.25, 0.3) is 0 Å². The first kappa shape index (κ1) is 12.9. The second-order valence-electron chi connectivity index (χ2n) is 6.00. The van der Waals surface area contributed by atoms with Gasteiger partial charge in [0.25, 0.3) is 0 Å². The number of aliphatic imine (C=N–C) groups is 1. The number of hydrogen-bond donors (Lipinski definition) is 2. The van der Waals surface area contributed by atoms with E-state index in [0.29, 0.717) is 0 Å². The Hall–Kier alpha value is -0.570. The number of rotatable bonds is 1. The summed E-state index contributed by atoms with van der Waals surface area (Å²) in [5.74, 6) is 0. The molecular formula is C14H27N3. The largest absolute Gasteiger partial charge is 0.359 e. The van der Waals surface area contributed by atoms with Crippen LogP contribution in [-0.4, -0.2) is 24.1 Å². The maximum Gasteiger partial charge on any atom is 0.0891 e. The highest BCUT2D eigenvalue weighted by molar-refractivity contribution is 5.56. The molecule has 0 aromatic heterocycles. The van der Waals surface area contributed by atoms with E-state index in [9.17, 15) is 0 Å². The molecule has 2 heterocycles. The molecule has 3 nitrogen and oxygen atoms in total. The Labute approximate surface area is 105 Å². The Morgan fingerprint density at radius 2 is 1.82 bits per heavy atom. The Balaban J connectivity index is 2.17. The quantitative estimate of drug-likeness (QED) is 0.736. The zero-order valence-electron chi connectivity index (χ0n) is 11.4. The van der Waals surface area contributed by atoms with Crippen LogP contribution in [0.1, 0.15) is 65.2 Å². The summed E-state index contributed by atoms with van der Waals surface area (Å²) in [7, 11) is 0. The predicted octanol–water partition coefficient (Wildman–Crippen LogP) is 2.82. The molecular weight excluding hydrogens is 210 g/mol. The van der Waals surface area contributed by atoms with Crippen LogP contribution < -0.4 is 10.6 Å². The molecule has 2 aliphatic heterocycles. The van der Waals surface area contributed by atoms with Crippen molar-refractivity contribution in [2.24, 2.45) is 4.99 Å². The van der Waals surface area contributed by atoms with Crippen molar-refractivity contribution in [3.63, 3.8) is 0 Å². The molecule has 98 valence electrons. The van der Waals surface area contributed by atoms with E-state index in [1.54, 1.807) is 0 Å². The minimum Gasteiger partial charge on any atom is -0.359 e. The Morgan fingerprint density at radius 1 is 1.12 bits per heavy atom. The fourth-order valence-corrected chi connectivity index (χ4v) is 3.19. The van der Waals surface area contributed by atoms with Gasteiger partial charge in [-0.2, -0.15) is 0 Å². The third-order valence-electron chi connectivity index (χ3n) is 4.35. The molecule has 2 N–H and O–H groups in total. The summed E-state index contributed by atoms with van der Waals surface area (Å²) in [6.07, 6.45) is 12.3. The highest BCUT2D eigenvalue weighted by Crippen LogP contribution is 2.27. The molecule has 1 saturated heterocycles. The summed E-state index contributed by atoms with van der Waals surface area (Å²) in [5.41, 5.74) is 0.249. The van der Waals surface area contributed by atoms with E-state index in [0.717, 1.165) is 13.0 Å². The van der Waals surface area contributed by atoms with E-state index in [1.165, 1.54) is 44.9 Å². The first-order valence-electron chi connectivity index (χ1n) is 7.23. The SMILES string of the molecule is CCC12CCCCCCCC(C)(CN=CN1)N2. The summed E-state index contributed by atoms with van der Waals surface area (Å²) < 4.78 is 0. The Morgan fingerprint density at radius 3 is 2.59 bits per heavy atom. The lowest BCUT2D eigenvalue weighted by atomic mass is 9.87. The Kier molecular flexibility index (Phi) is 4.08. The van der Waals surface area contributed by atoms with Gasteiger partial charge in [0.15, 0.2) is 0 Å². The molecule has 3 heteroatoms. The molecule has 0 spiro atoms. The summed E-state index contributed by atoms with van der Waals surface area (Å²) in [6, 6.07) is 0. The van der Waals surface area contributed by atoms with Gasteiger partial charge in [0.05, 0.1) is 18.5 Å². The molecule has 2 atom stereocenters. The number of nitrogens with zero attached hydrogens (tertiary/aromatic N) is 1. The van der Waals surface area contributed by atoms with E-state index in [4.69, 9.17) is 0 Å². The van der Waals surface area contributed by atoms with Crippen molar-refractivity contribution in [1.82, 2.24) is 10.6 Å². The third-order valence-corrected chi connectivity index (χ3v) is 4.35. The molecule has 0 radical (unpaired) electrons. The summed E-state index contributed by atoms with van der Waals surface area (Å²) in [5, 5.41) is 7.40. The predicted molar refractivity (Wildman–Crippen MR) is 73.4 cm³/mol. The van der Waals surface area contributed by atoms with Gasteiger partial charge in [0.2, 0.25) is 0 Å². The second-order valence-corrected chi connectivity index (χ2v) is 6.00. The van der Waals surface area contributed by atoms with Crippen molar-refractivity contribution in [1.29, 1.82) is 0 Å². The van der Waals surface area contributed by atoms with Crippen LogP contribution >= 0.6 is 0 Å². The number of fused-ring (bicyclic) bond motifs is 2. The van der Waals surface area contributed by atoms with E-state index in [1.807, 2.05) is 6.34 Å². The lowest BCUT2D eigenvalue weighted by molar-refractivity contribution is 0.172. The molecule has 0 aliphatic carbocycles. The van der Waals surface area contributed by atoms with Crippen LogP contribution in [0, 0.1) is 0 Å². The Bertz CT molecular complexity index is 277. The maximum atomic E-state index is 4.52. The number of hydrogen-bond acceptors (Lipinski definition) is 3. The highest BCUT2D eigenvalue weighted by atomic mass is 15.3. The molecule has 17 heavy (non-hydrogen) atoms. The van der Waals surface area contributed by atoms with Crippen molar-refractivity contribution in [2.75, 3.05) is 6.54 Å². The van der Waals surface area contributed by atoms with Gasteiger partial charge in [0, 0.05) is 5.54 Å². The van der Waals surface area contributed by atoms with Gasteiger partial charge in [0.1, 0.15) is 0 Å². The fraction of sp³-hybridized carbons (Fsp3) is 0.929. The van der Waals surface area contributed by atoms with Crippen molar-refractivity contribution >= 4 is 6.34 Å². The number of nitrogens with one attached hydrogen (secondary N) is 2. The highest BCUT2D eigenvalue weighted by Gasteiger charge is 2.37. The van der Waals surface area contributed by atoms with Crippen LogP contribution in [-0.2, 0) is 0 Å². The van der Waals surface area contributed by atoms with E-state index in [-0.39, 0.29) is 11.2 Å². The summed E-state index contributed by atoms with van der Waals surface area (Å²) in [4.78, 5) is 4.52. The topological polar surface area (TPSA) is 36.4 Å². The maximum absolute atomic E-state index is 4.52. The average Bonchev–Trinajstić information content (AvgIpc) is 2.48. The molecule has 2 unspecified atom stereocenters. The van der Waals surface area contributed by atoms with Gasteiger partial charge in [-0.25, -0.2) is 0 Å². The molecule has 2 aliphatic rings. The van der Waals surface area contributed by atoms with Gasteiger partial charge >= 0.3 is 0 Å². The van der Waals surface area contributed by atoms with Crippen molar-refractivity contribution < 1.29 is 0 Å². The van der Waals surface area contributed by atoms with Crippen molar-refractivity contribution in [2.45, 2.75) is 76.4 Å². The van der Waals surface area contributed by atoms with Crippen LogP contribution in [0.3, 0.4) is 0 Å². The van der Waals surface area contributed by atoms with E-state index < -0.39 is 0 Å². The van der Waals surface area contributed by atoms with Gasteiger partial charge in [-0.05, 0) is 32.6 Å². The zero-order chi connectivity index (χ0) is 12.2. The molecule has 2 rings (SSSR count). The van der Waals surface area contributed by atoms with Gasteiger partial charge in [-0.1, -0.05) is 32.6 Å². The minimum absolute atomic E-state index is 0.0755. The summed E-state index contributed by atoms with van der Waals surface area (Å²) >= 11 is 0. The monoisotopic (exact) mass is 237 g/mol. The first-order valence-corrected chi connectivity index (χ1v) is 7.23. The standard InChI is InChI=1S/C14H27N3/c1-3-14-10-8-6-4-5-7-9-13(2,17-14)11-15-12-16-14/h12,17H,3-11H2,1-2H3,(H,15,16). The minimum atomic E-state index is 0.0755. The average molecular weight is 237 g/mol. The molecule has 2 bridgehead atoms. The zero-order valence-corrected chi connectivity index (χ0v) is 11.4. The fourth-order valence-electron chi connectivity index (χ4n) is 3.19. The summed E-state index contributed by atoms with van der Waals surface area (Å²) in [6.45, 7) is 5.51. The smallest absolute Gasteiger partial charge is 0.0891 e. The lowest BCUT2D eigenvalue weighted by Crippen LogP contribution is -2.63.